The number of rotatable bonds is 8. The Kier molecular flexibility index (Phi) is 8.05. The molecule has 10 heteroatoms. The van der Waals surface area contributed by atoms with Gasteiger partial charge in [-0.25, -0.2) is 0 Å². The lowest BCUT2D eigenvalue weighted by molar-refractivity contribution is -0.141. The van der Waals surface area contributed by atoms with E-state index < -0.39 is 47.9 Å². The zero-order chi connectivity index (χ0) is 17.4. The van der Waals surface area contributed by atoms with Crippen molar-refractivity contribution in [2.45, 2.75) is 45.0 Å². The third kappa shape index (κ3) is 6.50. The average Bonchev–Trinajstić information content (AvgIpc) is 2.43. The molecule has 10 nitrogen and oxygen atoms in total. The Labute approximate surface area is 127 Å². The molecule has 3 amide bonds. The predicted molar refractivity (Wildman–Crippen MR) is 75.5 cm³/mol. The van der Waals surface area contributed by atoms with Crippen molar-refractivity contribution in [1.82, 2.24) is 16.0 Å². The summed E-state index contributed by atoms with van der Waals surface area (Å²) in [6.07, 6.45) is -1.20. The first-order valence-electron chi connectivity index (χ1n) is 6.61. The monoisotopic (exact) mass is 318 g/mol. The van der Waals surface area contributed by atoms with Crippen molar-refractivity contribution < 1.29 is 29.4 Å². The highest BCUT2D eigenvalue weighted by atomic mass is 16.4. The summed E-state index contributed by atoms with van der Waals surface area (Å²) in [7, 11) is 0. The van der Waals surface area contributed by atoms with Crippen LogP contribution in [-0.2, 0) is 19.2 Å². The van der Waals surface area contributed by atoms with Gasteiger partial charge in [-0.15, -0.1) is 0 Å². The quantitative estimate of drug-likeness (QED) is 0.275. The van der Waals surface area contributed by atoms with Gasteiger partial charge in [-0.2, -0.15) is 0 Å². The molecule has 0 aliphatic rings. The van der Waals surface area contributed by atoms with Gasteiger partial charge < -0.3 is 31.9 Å². The minimum Gasteiger partial charge on any atom is -0.480 e. The maximum absolute atomic E-state index is 11.9. The highest BCUT2D eigenvalue weighted by Crippen LogP contribution is 1.96. The summed E-state index contributed by atoms with van der Waals surface area (Å²) in [5.41, 5.74) is 5.11. The van der Waals surface area contributed by atoms with Crippen LogP contribution in [-0.4, -0.2) is 64.7 Å². The molecule has 7 N–H and O–H groups in total. The molecule has 0 fully saturated rings. The fraction of sp³-hybridized carbons (Fsp3) is 0.667. The highest BCUT2D eigenvalue weighted by molar-refractivity contribution is 5.93. The van der Waals surface area contributed by atoms with Gasteiger partial charge in [0, 0.05) is 0 Å². The molecule has 0 heterocycles. The Hall–Kier alpha value is -2.20. The van der Waals surface area contributed by atoms with Crippen molar-refractivity contribution in [3.63, 3.8) is 0 Å². The van der Waals surface area contributed by atoms with Crippen molar-refractivity contribution in [2.75, 3.05) is 6.54 Å². The molecule has 4 unspecified atom stereocenters. The van der Waals surface area contributed by atoms with Gasteiger partial charge in [0.15, 0.2) is 0 Å². The van der Waals surface area contributed by atoms with Gasteiger partial charge in [-0.1, -0.05) is 0 Å². The maximum atomic E-state index is 11.9. The zero-order valence-corrected chi connectivity index (χ0v) is 12.6. The number of aliphatic hydroxyl groups is 1. The number of hydrogen-bond acceptors (Lipinski definition) is 6. The number of carboxylic acid groups (broad SMARTS) is 1. The van der Waals surface area contributed by atoms with Crippen LogP contribution in [0, 0.1) is 0 Å². The number of hydrogen-bond donors (Lipinski definition) is 6. The molecule has 0 saturated heterocycles. The molecule has 0 bridgehead atoms. The van der Waals surface area contributed by atoms with E-state index in [1.807, 2.05) is 0 Å². The molecular weight excluding hydrogens is 296 g/mol. The van der Waals surface area contributed by atoms with E-state index in [4.69, 9.17) is 10.8 Å². The molecule has 0 spiro atoms. The van der Waals surface area contributed by atoms with E-state index in [0.717, 1.165) is 0 Å². The summed E-state index contributed by atoms with van der Waals surface area (Å²) < 4.78 is 0. The minimum atomic E-state index is -1.27. The summed E-state index contributed by atoms with van der Waals surface area (Å²) in [5.74, 6) is -3.36. The van der Waals surface area contributed by atoms with Gasteiger partial charge >= 0.3 is 5.97 Å². The number of carboxylic acids is 1. The summed E-state index contributed by atoms with van der Waals surface area (Å²) in [6, 6.07) is -3.44. The fourth-order valence-electron chi connectivity index (χ4n) is 1.41. The summed E-state index contributed by atoms with van der Waals surface area (Å²) >= 11 is 0. The van der Waals surface area contributed by atoms with Crippen LogP contribution < -0.4 is 21.7 Å². The number of aliphatic hydroxyl groups excluding tert-OH is 1. The second-order valence-corrected chi connectivity index (χ2v) is 4.79. The van der Waals surface area contributed by atoms with Crippen LogP contribution in [0.2, 0.25) is 0 Å². The Morgan fingerprint density at radius 2 is 1.45 bits per heavy atom. The molecule has 0 rings (SSSR count). The van der Waals surface area contributed by atoms with Crippen molar-refractivity contribution in [2.24, 2.45) is 5.73 Å². The first-order valence-corrected chi connectivity index (χ1v) is 6.61. The topological polar surface area (TPSA) is 171 Å². The van der Waals surface area contributed by atoms with Gasteiger partial charge in [-0.05, 0) is 20.8 Å². The van der Waals surface area contributed by atoms with Crippen molar-refractivity contribution in [1.29, 1.82) is 0 Å². The van der Waals surface area contributed by atoms with E-state index in [0.29, 0.717) is 0 Å². The van der Waals surface area contributed by atoms with Gasteiger partial charge in [0.1, 0.15) is 18.1 Å². The van der Waals surface area contributed by atoms with E-state index in [2.05, 4.69) is 16.0 Å². The standard InChI is InChI=1S/C12H22N4O6/c1-5(10(19)15-6(2)12(21)22)14-11(20)9(7(3)17)16-8(18)4-13/h5-7,9,17H,4,13H2,1-3H3,(H,14,20)(H,15,19)(H,16,18)(H,21,22). The molecule has 22 heavy (non-hydrogen) atoms. The maximum Gasteiger partial charge on any atom is 0.325 e. The SMILES string of the molecule is CC(NC(=O)C(C)NC(=O)C(NC(=O)CN)C(C)O)C(=O)O. The largest absolute Gasteiger partial charge is 0.480 e. The molecule has 0 aromatic rings. The predicted octanol–water partition coefficient (Wildman–Crippen LogP) is -3.10. The summed E-state index contributed by atoms with van der Waals surface area (Å²) in [5, 5.41) is 24.9. The third-order valence-corrected chi connectivity index (χ3v) is 2.75. The Morgan fingerprint density at radius 3 is 1.86 bits per heavy atom. The van der Waals surface area contributed by atoms with Crippen LogP contribution in [0.25, 0.3) is 0 Å². The van der Waals surface area contributed by atoms with Gasteiger partial charge in [0.25, 0.3) is 0 Å². The molecular formula is C12H22N4O6. The normalized spacial score (nSPS) is 15.9. The van der Waals surface area contributed by atoms with Gasteiger partial charge in [0.05, 0.1) is 12.6 Å². The highest BCUT2D eigenvalue weighted by Gasteiger charge is 2.28. The van der Waals surface area contributed by atoms with Gasteiger partial charge in [-0.3, -0.25) is 19.2 Å². The van der Waals surface area contributed by atoms with Crippen LogP contribution in [0.15, 0.2) is 0 Å². The molecule has 0 aliphatic heterocycles. The van der Waals surface area contributed by atoms with Crippen molar-refractivity contribution >= 4 is 23.7 Å². The number of nitrogens with one attached hydrogen (secondary N) is 3. The minimum absolute atomic E-state index is 0.358. The second kappa shape index (κ2) is 8.95. The molecule has 0 aromatic heterocycles. The van der Waals surface area contributed by atoms with Crippen molar-refractivity contribution in [3.8, 4) is 0 Å². The lowest BCUT2D eigenvalue weighted by Gasteiger charge is -2.23. The molecule has 0 aliphatic carbocycles. The molecule has 4 atom stereocenters. The van der Waals surface area contributed by atoms with E-state index in [1.165, 1.54) is 20.8 Å². The molecule has 126 valence electrons. The van der Waals surface area contributed by atoms with Crippen molar-refractivity contribution in [3.05, 3.63) is 0 Å². The molecule has 0 radical (unpaired) electrons. The number of aliphatic carboxylic acids is 1. The molecule has 0 aromatic carbocycles. The van der Waals surface area contributed by atoms with E-state index in [-0.39, 0.29) is 6.54 Å². The van der Waals surface area contributed by atoms with Crippen LogP contribution in [0.1, 0.15) is 20.8 Å². The first kappa shape index (κ1) is 19.8. The van der Waals surface area contributed by atoms with E-state index in [1.54, 1.807) is 0 Å². The first-order chi connectivity index (χ1) is 10.1. The third-order valence-electron chi connectivity index (χ3n) is 2.75. The fourth-order valence-corrected chi connectivity index (χ4v) is 1.41. The lowest BCUT2D eigenvalue weighted by atomic mass is 10.1. The number of amides is 3. The molecule has 0 saturated carbocycles. The van der Waals surface area contributed by atoms with E-state index in [9.17, 15) is 24.3 Å². The lowest BCUT2D eigenvalue weighted by Crippen LogP contribution is -2.57. The van der Waals surface area contributed by atoms with Crippen LogP contribution in [0.4, 0.5) is 0 Å². The second-order valence-electron chi connectivity index (χ2n) is 4.79. The van der Waals surface area contributed by atoms with Crippen LogP contribution in [0.3, 0.4) is 0 Å². The zero-order valence-electron chi connectivity index (χ0n) is 12.6. The van der Waals surface area contributed by atoms with Gasteiger partial charge in [0.2, 0.25) is 17.7 Å². The number of carbonyl (C=O) groups excluding carboxylic acids is 3. The Morgan fingerprint density at radius 1 is 0.955 bits per heavy atom. The van der Waals surface area contributed by atoms with Crippen LogP contribution in [0.5, 0.6) is 0 Å². The Balaban J connectivity index is 4.68. The number of nitrogens with two attached hydrogens (primary N) is 1. The Bertz CT molecular complexity index is 439. The summed E-state index contributed by atoms with van der Waals surface area (Å²) in [4.78, 5) is 45.5. The number of carbonyl (C=O) groups is 4. The van der Waals surface area contributed by atoms with Crippen LogP contribution >= 0.6 is 0 Å². The smallest absolute Gasteiger partial charge is 0.325 e. The van der Waals surface area contributed by atoms with E-state index >= 15 is 0 Å². The average molecular weight is 318 g/mol. The summed E-state index contributed by atoms with van der Waals surface area (Å²) in [6.45, 7) is 3.54.